The van der Waals surface area contributed by atoms with Crippen molar-refractivity contribution < 1.29 is 17.6 Å². The van der Waals surface area contributed by atoms with Gasteiger partial charge in [-0.1, -0.05) is 13.8 Å². The van der Waals surface area contributed by atoms with E-state index in [4.69, 9.17) is 0 Å². The van der Waals surface area contributed by atoms with Crippen LogP contribution in [0, 0.1) is 11.7 Å². The maximum atomic E-state index is 14.0. The Kier molecular flexibility index (Phi) is 6.52. The molecule has 0 saturated heterocycles. The van der Waals surface area contributed by atoms with Gasteiger partial charge in [0.15, 0.2) is 0 Å². The molecule has 0 aliphatic heterocycles. The van der Waals surface area contributed by atoms with E-state index in [0.717, 1.165) is 18.6 Å². The molecule has 0 bridgehead atoms. The second kappa shape index (κ2) is 7.61. The molecule has 1 amide bonds. The first-order valence-electron chi connectivity index (χ1n) is 7.92. The van der Waals surface area contributed by atoms with Crippen molar-refractivity contribution in [1.82, 2.24) is 9.62 Å². The highest BCUT2D eigenvalue weighted by Crippen LogP contribution is 2.19. The highest BCUT2D eigenvalue weighted by Gasteiger charge is 2.26. The predicted octanol–water partition coefficient (Wildman–Crippen LogP) is 3.02. The van der Waals surface area contributed by atoms with Gasteiger partial charge in [0, 0.05) is 24.7 Å². The third-order valence-corrected chi connectivity index (χ3v) is 5.07. The lowest BCUT2D eigenvalue weighted by Crippen LogP contribution is -2.41. The molecule has 0 aliphatic rings. The molecule has 0 unspecified atom stereocenters. The zero-order chi connectivity index (χ0) is 18.7. The summed E-state index contributed by atoms with van der Waals surface area (Å²) in [5.74, 6) is -0.767. The molecule has 0 aliphatic carbocycles. The van der Waals surface area contributed by atoms with Crippen LogP contribution in [0.2, 0.25) is 0 Å². The van der Waals surface area contributed by atoms with E-state index in [-0.39, 0.29) is 11.5 Å². The van der Waals surface area contributed by atoms with Crippen LogP contribution < -0.4 is 4.72 Å². The van der Waals surface area contributed by atoms with Gasteiger partial charge in [-0.2, -0.15) is 0 Å². The summed E-state index contributed by atoms with van der Waals surface area (Å²) in [5, 5.41) is 0. The van der Waals surface area contributed by atoms with E-state index in [9.17, 15) is 17.6 Å². The number of nitrogens with zero attached hydrogens (tertiary/aromatic N) is 1. The Morgan fingerprint density at radius 1 is 1.29 bits per heavy atom. The van der Waals surface area contributed by atoms with Gasteiger partial charge in [-0.3, -0.25) is 4.79 Å². The van der Waals surface area contributed by atoms with Gasteiger partial charge in [0.25, 0.3) is 5.91 Å². The zero-order valence-electron chi connectivity index (χ0n) is 15.2. The van der Waals surface area contributed by atoms with Crippen LogP contribution in [0.5, 0.6) is 0 Å². The number of rotatable bonds is 6. The number of amides is 1. The molecule has 0 radical (unpaired) electrons. The fourth-order valence-corrected chi connectivity index (χ4v) is 3.60. The number of hydrogen-bond donors (Lipinski definition) is 1. The Morgan fingerprint density at radius 3 is 2.38 bits per heavy atom. The SMILES string of the molecule is CC(C)CCN(C)C(=O)c1ccc(F)c(S(=O)(=O)NC(C)(C)C)c1. The molecule has 0 heterocycles. The monoisotopic (exact) mass is 358 g/mol. The Balaban J connectivity index is 3.12. The van der Waals surface area contributed by atoms with Crippen molar-refractivity contribution in [2.75, 3.05) is 13.6 Å². The summed E-state index contributed by atoms with van der Waals surface area (Å²) < 4.78 is 41.1. The number of sulfonamides is 1. The fourth-order valence-electron chi connectivity index (χ4n) is 2.07. The van der Waals surface area contributed by atoms with E-state index < -0.39 is 26.3 Å². The highest BCUT2D eigenvalue weighted by atomic mass is 32.2. The first-order chi connectivity index (χ1) is 10.8. The number of benzene rings is 1. The van der Waals surface area contributed by atoms with Gasteiger partial charge in [0.1, 0.15) is 10.7 Å². The fraction of sp³-hybridized carbons (Fsp3) is 0.588. The minimum atomic E-state index is -4.05. The lowest BCUT2D eigenvalue weighted by molar-refractivity contribution is 0.0789. The van der Waals surface area contributed by atoms with Crippen molar-refractivity contribution in [3.05, 3.63) is 29.6 Å². The maximum absolute atomic E-state index is 14.0. The van der Waals surface area contributed by atoms with Crippen LogP contribution in [0.3, 0.4) is 0 Å². The first kappa shape index (κ1) is 20.6. The van der Waals surface area contributed by atoms with Crippen molar-refractivity contribution in [3.63, 3.8) is 0 Å². The van der Waals surface area contributed by atoms with Crippen LogP contribution in [-0.4, -0.2) is 38.4 Å². The molecule has 0 fully saturated rings. The molecule has 1 aromatic rings. The van der Waals surface area contributed by atoms with Gasteiger partial charge in [-0.05, 0) is 51.3 Å². The Morgan fingerprint density at radius 2 is 1.88 bits per heavy atom. The summed E-state index contributed by atoms with van der Waals surface area (Å²) in [5.41, 5.74) is -0.601. The number of carbonyl (C=O) groups is 1. The van der Waals surface area contributed by atoms with Crippen molar-refractivity contribution in [2.45, 2.75) is 51.5 Å². The van der Waals surface area contributed by atoms with Gasteiger partial charge in [0.05, 0.1) is 0 Å². The van der Waals surface area contributed by atoms with E-state index >= 15 is 0 Å². The molecule has 0 atom stereocenters. The standard InChI is InChI=1S/C17H27FN2O3S/c1-12(2)9-10-20(6)16(21)13-7-8-14(18)15(11-13)24(22,23)19-17(3,4)5/h7-8,11-12,19H,9-10H2,1-6H3. The zero-order valence-corrected chi connectivity index (χ0v) is 16.0. The molecule has 5 nitrogen and oxygen atoms in total. The molecule has 0 aromatic heterocycles. The minimum absolute atomic E-state index is 0.150. The summed E-state index contributed by atoms with van der Waals surface area (Å²) in [6.45, 7) is 9.65. The third kappa shape index (κ3) is 5.87. The van der Waals surface area contributed by atoms with Crippen LogP contribution in [0.25, 0.3) is 0 Å². The smallest absolute Gasteiger partial charge is 0.253 e. The first-order valence-corrected chi connectivity index (χ1v) is 9.41. The summed E-state index contributed by atoms with van der Waals surface area (Å²) in [6.07, 6.45) is 0.834. The van der Waals surface area contributed by atoms with E-state index in [2.05, 4.69) is 18.6 Å². The van der Waals surface area contributed by atoms with Gasteiger partial charge in [-0.25, -0.2) is 17.5 Å². The highest BCUT2D eigenvalue weighted by molar-refractivity contribution is 7.89. The largest absolute Gasteiger partial charge is 0.342 e. The van der Waals surface area contributed by atoms with Crippen molar-refractivity contribution in [2.24, 2.45) is 5.92 Å². The van der Waals surface area contributed by atoms with Gasteiger partial charge < -0.3 is 4.90 Å². The van der Waals surface area contributed by atoms with E-state index in [0.29, 0.717) is 12.5 Å². The average Bonchev–Trinajstić information content (AvgIpc) is 2.41. The van der Waals surface area contributed by atoms with Crippen LogP contribution in [-0.2, 0) is 10.0 Å². The molecule has 24 heavy (non-hydrogen) atoms. The molecule has 0 spiro atoms. The molecular weight excluding hydrogens is 331 g/mol. The predicted molar refractivity (Wildman–Crippen MR) is 92.9 cm³/mol. The molecule has 1 rings (SSSR count). The molecular formula is C17H27FN2O3S. The second-order valence-corrected chi connectivity index (χ2v) is 9.06. The number of hydrogen-bond acceptors (Lipinski definition) is 3. The molecule has 1 N–H and O–H groups in total. The summed E-state index contributed by atoms with van der Waals surface area (Å²) in [4.78, 5) is 13.4. The van der Waals surface area contributed by atoms with Crippen LogP contribution >= 0.6 is 0 Å². The van der Waals surface area contributed by atoms with Crippen molar-refractivity contribution >= 4 is 15.9 Å². The Labute approximate surface area is 144 Å². The van der Waals surface area contributed by atoms with E-state index in [1.807, 2.05) is 0 Å². The molecule has 0 saturated carbocycles. The number of halogens is 1. The Hall–Kier alpha value is -1.47. The van der Waals surface area contributed by atoms with Gasteiger partial charge >= 0.3 is 0 Å². The van der Waals surface area contributed by atoms with Crippen LogP contribution in [0.15, 0.2) is 23.1 Å². The third-order valence-electron chi connectivity index (χ3n) is 3.30. The quantitative estimate of drug-likeness (QED) is 0.850. The molecule has 136 valence electrons. The lowest BCUT2D eigenvalue weighted by Gasteiger charge is -2.21. The second-order valence-electron chi connectivity index (χ2n) is 7.41. The molecule has 7 heteroatoms. The van der Waals surface area contributed by atoms with E-state index in [1.165, 1.54) is 11.0 Å². The molecule has 1 aromatic carbocycles. The normalized spacial score (nSPS) is 12.5. The summed E-state index contributed by atoms with van der Waals surface area (Å²) in [6, 6.07) is 3.41. The van der Waals surface area contributed by atoms with E-state index in [1.54, 1.807) is 27.8 Å². The minimum Gasteiger partial charge on any atom is -0.342 e. The summed E-state index contributed by atoms with van der Waals surface area (Å²) in [7, 11) is -2.40. The Bertz CT molecular complexity index is 694. The van der Waals surface area contributed by atoms with Gasteiger partial charge in [-0.15, -0.1) is 0 Å². The van der Waals surface area contributed by atoms with Crippen LogP contribution in [0.1, 0.15) is 51.4 Å². The lowest BCUT2D eigenvalue weighted by atomic mass is 10.1. The van der Waals surface area contributed by atoms with Crippen LogP contribution in [0.4, 0.5) is 4.39 Å². The van der Waals surface area contributed by atoms with Crippen molar-refractivity contribution in [3.8, 4) is 0 Å². The topological polar surface area (TPSA) is 66.5 Å². The number of carbonyl (C=O) groups excluding carboxylic acids is 1. The van der Waals surface area contributed by atoms with Gasteiger partial charge in [0.2, 0.25) is 10.0 Å². The maximum Gasteiger partial charge on any atom is 0.253 e. The summed E-state index contributed by atoms with van der Waals surface area (Å²) >= 11 is 0. The average molecular weight is 358 g/mol. The number of nitrogens with one attached hydrogen (secondary N) is 1. The van der Waals surface area contributed by atoms with Crippen molar-refractivity contribution in [1.29, 1.82) is 0 Å².